The van der Waals surface area contributed by atoms with Gasteiger partial charge in [0.25, 0.3) is 0 Å². The molecule has 0 aliphatic rings. The molecule has 1 aromatic heterocycles. The fourth-order valence-electron chi connectivity index (χ4n) is 0.961. The van der Waals surface area contributed by atoms with Crippen LogP contribution < -0.4 is 0 Å². The molecule has 1 N–H and O–H groups in total. The fourth-order valence-corrected chi connectivity index (χ4v) is 0.961. The summed E-state index contributed by atoms with van der Waals surface area (Å²) in [4.78, 5) is 13.9. The van der Waals surface area contributed by atoms with E-state index in [2.05, 4.69) is 4.98 Å². The van der Waals surface area contributed by atoms with E-state index < -0.39 is 11.4 Å². The molecule has 0 radical (unpaired) electrons. The van der Waals surface area contributed by atoms with Crippen molar-refractivity contribution < 1.29 is 14.3 Å². The summed E-state index contributed by atoms with van der Waals surface area (Å²) in [6.07, 6.45) is 1.56. The molecule has 1 heterocycles. The van der Waals surface area contributed by atoms with Crippen molar-refractivity contribution in [2.24, 2.45) is 0 Å². The van der Waals surface area contributed by atoms with Crippen LogP contribution in [-0.4, -0.2) is 16.4 Å². The lowest BCUT2D eigenvalue weighted by atomic mass is 9.98. The third-order valence-corrected chi connectivity index (χ3v) is 1.76. The highest BCUT2D eigenvalue weighted by molar-refractivity contribution is 5.51. The Morgan fingerprint density at radius 2 is 2.38 bits per heavy atom. The van der Waals surface area contributed by atoms with Crippen molar-refractivity contribution in [2.75, 3.05) is 0 Å². The van der Waals surface area contributed by atoms with Crippen molar-refractivity contribution in [3.05, 3.63) is 29.8 Å². The molecule has 0 spiro atoms. The molecule has 0 aliphatic heterocycles. The Labute approximate surface area is 75.2 Å². The molecule has 1 atom stereocenters. The van der Waals surface area contributed by atoms with E-state index in [1.165, 1.54) is 19.1 Å². The van der Waals surface area contributed by atoms with Crippen LogP contribution in [-0.2, 0) is 10.4 Å². The lowest BCUT2D eigenvalue weighted by Crippen LogP contribution is -2.23. The number of aliphatic hydroxyl groups is 1. The van der Waals surface area contributed by atoms with Crippen LogP contribution in [0, 0.1) is 5.82 Å². The number of carbonyl (C=O) groups excluding carboxylic acids is 1. The highest BCUT2D eigenvalue weighted by Crippen LogP contribution is 2.20. The van der Waals surface area contributed by atoms with Crippen LogP contribution in [0.1, 0.15) is 19.0 Å². The van der Waals surface area contributed by atoms with Crippen LogP contribution >= 0.6 is 0 Å². The molecule has 1 aromatic rings. The summed E-state index contributed by atoms with van der Waals surface area (Å²) in [6.45, 7) is 1.46. The zero-order valence-corrected chi connectivity index (χ0v) is 7.20. The normalized spacial score (nSPS) is 15.0. The SMILES string of the molecule is CC(O)(CC=O)c1ccc(F)cn1. The van der Waals surface area contributed by atoms with Gasteiger partial charge in [0.2, 0.25) is 0 Å². The van der Waals surface area contributed by atoms with E-state index in [9.17, 15) is 14.3 Å². The van der Waals surface area contributed by atoms with Gasteiger partial charge in [-0.2, -0.15) is 0 Å². The summed E-state index contributed by atoms with van der Waals surface area (Å²) >= 11 is 0. The Morgan fingerprint density at radius 1 is 1.69 bits per heavy atom. The standard InChI is InChI=1S/C9H10FNO2/c1-9(13,4-5-12)8-3-2-7(10)6-11-8/h2-3,5-6,13H,4H2,1H3. The predicted molar refractivity (Wildman–Crippen MR) is 44.4 cm³/mol. The number of pyridine rings is 1. The molecule has 0 bridgehead atoms. The first-order valence-corrected chi connectivity index (χ1v) is 3.84. The number of nitrogens with zero attached hydrogens (tertiary/aromatic N) is 1. The Balaban J connectivity index is 2.93. The Kier molecular flexibility index (Phi) is 2.72. The molecule has 1 unspecified atom stereocenters. The summed E-state index contributed by atoms with van der Waals surface area (Å²) in [6, 6.07) is 2.56. The van der Waals surface area contributed by atoms with Crippen molar-refractivity contribution in [3.8, 4) is 0 Å². The van der Waals surface area contributed by atoms with Crippen molar-refractivity contribution in [3.63, 3.8) is 0 Å². The van der Waals surface area contributed by atoms with E-state index in [-0.39, 0.29) is 6.42 Å². The summed E-state index contributed by atoms with van der Waals surface area (Å²) in [5.41, 5.74) is -1.02. The molecule has 0 fully saturated rings. The average Bonchev–Trinajstić information content (AvgIpc) is 2.05. The van der Waals surface area contributed by atoms with Crippen LogP contribution in [0.3, 0.4) is 0 Å². The van der Waals surface area contributed by atoms with Gasteiger partial charge in [0.05, 0.1) is 11.9 Å². The number of aldehydes is 1. The lowest BCUT2D eigenvalue weighted by molar-refractivity contribution is -0.112. The molecule has 3 nitrogen and oxygen atoms in total. The molecule has 70 valence electrons. The molecular weight excluding hydrogens is 173 g/mol. The minimum absolute atomic E-state index is 0.0500. The molecule has 0 aromatic carbocycles. The monoisotopic (exact) mass is 183 g/mol. The van der Waals surface area contributed by atoms with Gasteiger partial charge >= 0.3 is 0 Å². The van der Waals surface area contributed by atoms with Crippen molar-refractivity contribution in [1.82, 2.24) is 4.98 Å². The third kappa shape index (κ3) is 2.32. The molecule has 4 heteroatoms. The van der Waals surface area contributed by atoms with Gasteiger partial charge in [0.1, 0.15) is 17.7 Å². The molecule has 1 rings (SSSR count). The second-order valence-corrected chi connectivity index (χ2v) is 3.01. The number of hydrogen-bond acceptors (Lipinski definition) is 3. The van der Waals surface area contributed by atoms with E-state index in [4.69, 9.17) is 0 Å². The first kappa shape index (κ1) is 9.80. The van der Waals surface area contributed by atoms with Gasteiger partial charge in [0.15, 0.2) is 0 Å². The van der Waals surface area contributed by atoms with Crippen LogP contribution in [0.25, 0.3) is 0 Å². The summed E-state index contributed by atoms with van der Waals surface area (Å²) in [5.74, 6) is -0.467. The molecule has 0 saturated carbocycles. The van der Waals surface area contributed by atoms with Crippen molar-refractivity contribution >= 4 is 6.29 Å². The van der Waals surface area contributed by atoms with E-state index in [0.29, 0.717) is 12.0 Å². The van der Waals surface area contributed by atoms with E-state index in [1.54, 1.807) is 0 Å². The van der Waals surface area contributed by atoms with E-state index >= 15 is 0 Å². The topological polar surface area (TPSA) is 50.2 Å². The molecular formula is C9H10FNO2. The van der Waals surface area contributed by atoms with Gasteiger partial charge < -0.3 is 9.90 Å². The van der Waals surface area contributed by atoms with Crippen molar-refractivity contribution in [1.29, 1.82) is 0 Å². The zero-order valence-electron chi connectivity index (χ0n) is 7.20. The van der Waals surface area contributed by atoms with E-state index in [1.807, 2.05) is 0 Å². The van der Waals surface area contributed by atoms with Gasteiger partial charge in [-0.3, -0.25) is 4.98 Å². The highest BCUT2D eigenvalue weighted by Gasteiger charge is 2.23. The number of hydrogen-bond donors (Lipinski definition) is 1. The average molecular weight is 183 g/mol. The van der Waals surface area contributed by atoms with Gasteiger partial charge in [-0.15, -0.1) is 0 Å². The minimum atomic E-state index is -1.31. The maximum atomic E-state index is 12.4. The minimum Gasteiger partial charge on any atom is -0.383 e. The van der Waals surface area contributed by atoms with Crippen molar-refractivity contribution in [2.45, 2.75) is 18.9 Å². The van der Waals surface area contributed by atoms with Gasteiger partial charge in [-0.05, 0) is 19.1 Å². The van der Waals surface area contributed by atoms with Gasteiger partial charge in [-0.25, -0.2) is 4.39 Å². The first-order valence-electron chi connectivity index (χ1n) is 3.84. The molecule has 0 amide bonds. The summed E-state index contributed by atoms with van der Waals surface area (Å²) in [5, 5.41) is 9.66. The van der Waals surface area contributed by atoms with Crippen LogP contribution in [0.5, 0.6) is 0 Å². The second kappa shape index (κ2) is 3.62. The maximum absolute atomic E-state index is 12.4. The van der Waals surface area contributed by atoms with Crippen LogP contribution in [0.4, 0.5) is 4.39 Å². The fraction of sp³-hybridized carbons (Fsp3) is 0.333. The smallest absolute Gasteiger partial charge is 0.141 e. The first-order chi connectivity index (χ1) is 6.06. The number of halogens is 1. The van der Waals surface area contributed by atoms with Gasteiger partial charge in [-0.1, -0.05) is 0 Å². The molecule has 0 aliphatic carbocycles. The Morgan fingerprint density at radius 3 is 2.85 bits per heavy atom. The number of aromatic nitrogens is 1. The van der Waals surface area contributed by atoms with Gasteiger partial charge in [0, 0.05) is 6.42 Å². The lowest BCUT2D eigenvalue weighted by Gasteiger charge is -2.19. The van der Waals surface area contributed by atoms with E-state index in [0.717, 1.165) is 6.20 Å². The van der Waals surface area contributed by atoms with Crippen LogP contribution in [0.2, 0.25) is 0 Å². The highest BCUT2D eigenvalue weighted by atomic mass is 19.1. The largest absolute Gasteiger partial charge is 0.383 e. The number of carbonyl (C=O) groups is 1. The zero-order chi connectivity index (χ0) is 9.90. The summed E-state index contributed by atoms with van der Waals surface area (Å²) < 4.78 is 12.4. The maximum Gasteiger partial charge on any atom is 0.141 e. The second-order valence-electron chi connectivity index (χ2n) is 3.01. The number of rotatable bonds is 3. The predicted octanol–water partition coefficient (Wildman–Crippen LogP) is 1.02. The molecule has 0 saturated heterocycles. The Bertz CT molecular complexity index is 295. The molecule has 13 heavy (non-hydrogen) atoms. The summed E-state index contributed by atoms with van der Waals surface area (Å²) in [7, 11) is 0. The third-order valence-electron chi connectivity index (χ3n) is 1.76. The Hall–Kier alpha value is -1.29. The van der Waals surface area contributed by atoms with Crippen LogP contribution in [0.15, 0.2) is 18.3 Å². The quantitative estimate of drug-likeness (QED) is 0.711.